The predicted octanol–water partition coefficient (Wildman–Crippen LogP) is 2.14. The van der Waals surface area contributed by atoms with Gasteiger partial charge in [-0.3, -0.25) is 19.4 Å². The highest BCUT2D eigenvalue weighted by Crippen LogP contribution is 2.12. The van der Waals surface area contributed by atoms with E-state index < -0.39 is 17.9 Å². The Balaban J connectivity index is 1.69. The second-order valence-corrected chi connectivity index (χ2v) is 6.24. The lowest BCUT2D eigenvalue weighted by atomic mass is 9.99. The third kappa shape index (κ3) is 4.67. The predicted molar refractivity (Wildman–Crippen MR) is 105 cm³/mol. The summed E-state index contributed by atoms with van der Waals surface area (Å²) >= 11 is 0. The van der Waals surface area contributed by atoms with Gasteiger partial charge in [0.05, 0.1) is 0 Å². The van der Waals surface area contributed by atoms with Gasteiger partial charge in [-0.15, -0.1) is 0 Å². The van der Waals surface area contributed by atoms with Gasteiger partial charge in [-0.05, 0) is 17.7 Å². The van der Waals surface area contributed by atoms with Gasteiger partial charge < -0.3 is 11.1 Å². The molecule has 140 valence electrons. The molecule has 2 amide bonds. The van der Waals surface area contributed by atoms with Gasteiger partial charge in [-0.2, -0.15) is 0 Å². The number of benzene rings is 2. The van der Waals surface area contributed by atoms with Gasteiger partial charge in [0, 0.05) is 23.7 Å². The number of aromatic nitrogens is 1. The SMILES string of the molecule is NC(=O)[C@H](Cc1ccc(C(=O)c2ccccc2)cc1)NC(=O)c1ccccn1. The molecule has 3 N–H and O–H groups in total. The number of amides is 2. The van der Waals surface area contributed by atoms with Crippen LogP contribution < -0.4 is 11.1 Å². The summed E-state index contributed by atoms with van der Waals surface area (Å²) in [5.41, 5.74) is 7.56. The molecule has 0 bridgehead atoms. The minimum atomic E-state index is -0.884. The van der Waals surface area contributed by atoms with Gasteiger partial charge in [-0.25, -0.2) is 0 Å². The van der Waals surface area contributed by atoms with Crippen LogP contribution in [0.5, 0.6) is 0 Å². The second kappa shape index (κ2) is 8.73. The quantitative estimate of drug-likeness (QED) is 0.619. The normalized spacial score (nSPS) is 11.4. The molecule has 2 aromatic carbocycles. The van der Waals surface area contributed by atoms with Crippen LogP contribution >= 0.6 is 0 Å². The number of carbonyl (C=O) groups is 3. The lowest BCUT2D eigenvalue weighted by Gasteiger charge is -2.15. The van der Waals surface area contributed by atoms with Crippen molar-refractivity contribution >= 4 is 17.6 Å². The zero-order valence-electron chi connectivity index (χ0n) is 15.0. The number of nitrogens with one attached hydrogen (secondary N) is 1. The van der Waals surface area contributed by atoms with Gasteiger partial charge in [0.1, 0.15) is 11.7 Å². The van der Waals surface area contributed by atoms with Crippen LogP contribution in [0.25, 0.3) is 0 Å². The van der Waals surface area contributed by atoms with Crippen molar-refractivity contribution in [2.75, 3.05) is 0 Å². The topological polar surface area (TPSA) is 102 Å². The molecule has 6 heteroatoms. The largest absolute Gasteiger partial charge is 0.368 e. The minimum absolute atomic E-state index is 0.0814. The van der Waals surface area contributed by atoms with Crippen LogP contribution in [-0.2, 0) is 11.2 Å². The van der Waals surface area contributed by atoms with E-state index in [2.05, 4.69) is 10.3 Å². The van der Waals surface area contributed by atoms with Crippen LogP contribution in [0.15, 0.2) is 79.0 Å². The fourth-order valence-electron chi connectivity index (χ4n) is 2.74. The molecule has 28 heavy (non-hydrogen) atoms. The summed E-state index contributed by atoms with van der Waals surface area (Å²) in [6, 6.07) is 19.9. The van der Waals surface area contributed by atoms with Crippen molar-refractivity contribution in [1.82, 2.24) is 10.3 Å². The number of carbonyl (C=O) groups excluding carboxylic acids is 3. The number of hydrogen-bond acceptors (Lipinski definition) is 4. The molecule has 0 unspecified atom stereocenters. The summed E-state index contributed by atoms with van der Waals surface area (Å²) in [6.45, 7) is 0. The Morgan fingerprint density at radius 3 is 2.11 bits per heavy atom. The Bertz CT molecular complexity index is 971. The van der Waals surface area contributed by atoms with Gasteiger partial charge in [-0.1, -0.05) is 60.7 Å². The molecular weight excluding hydrogens is 354 g/mol. The number of rotatable bonds is 7. The highest BCUT2D eigenvalue weighted by atomic mass is 16.2. The molecule has 3 rings (SSSR count). The average molecular weight is 373 g/mol. The van der Waals surface area contributed by atoms with Crippen molar-refractivity contribution in [1.29, 1.82) is 0 Å². The first-order valence-corrected chi connectivity index (χ1v) is 8.74. The maximum absolute atomic E-state index is 12.5. The maximum atomic E-state index is 12.5. The molecule has 3 aromatic rings. The smallest absolute Gasteiger partial charge is 0.270 e. The summed E-state index contributed by atoms with van der Waals surface area (Å²) < 4.78 is 0. The summed E-state index contributed by atoms with van der Waals surface area (Å²) in [6.07, 6.45) is 1.71. The van der Waals surface area contributed by atoms with Crippen LogP contribution in [0, 0.1) is 0 Å². The molecule has 0 fully saturated rings. The van der Waals surface area contributed by atoms with Gasteiger partial charge in [0.25, 0.3) is 5.91 Å². The van der Waals surface area contributed by atoms with E-state index in [1.54, 1.807) is 54.6 Å². The number of primary amides is 1. The molecule has 1 aromatic heterocycles. The average Bonchev–Trinajstić information content (AvgIpc) is 2.74. The van der Waals surface area contributed by atoms with Gasteiger partial charge in [0.2, 0.25) is 5.91 Å². The summed E-state index contributed by atoms with van der Waals surface area (Å²) in [7, 11) is 0. The van der Waals surface area contributed by atoms with E-state index in [0.717, 1.165) is 5.56 Å². The van der Waals surface area contributed by atoms with Crippen molar-refractivity contribution in [2.45, 2.75) is 12.5 Å². The van der Waals surface area contributed by atoms with Crippen molar-refractivity contribution < 1.29 is 14.4 Å². The molecule has 0 aliphatic rings. The van der Waals surface area contributed by atoms with Crippen molar-refractivity contribution in [3.05, 3.63) is 101 Å². The third-order valence-electron chi connectivity index (χ3n) is 4.24. The lowest BCUT2D eigenvalue weighted by molar-refractivity contribution is -0.119. The number of hydrogen-bond donors (Lipinski definition) is 2. The molecule has 0 radical (unpaired) electrons. The van der Waals surface area contributed by atoms with Crippen LogP contribution in [-0.4, -0.2) is 28.6 Å². The van der Waals surface area contributed by atoms with E-state index in [9.17, 15) is 14.4 Å². The number of nitrogens with two attached hydrogens (primary N) is 1. The zero-order chi connectivity index (χ0) is 19.9. The van der Waals surface area contributed by atoms with E-state index >= 15 is 0 Å². The molecule has 1 heterocycles. The lowest BCUT2D eigenvalue weighted by Crippen LogP contribution is -2.46. The fourth-order valence-corrected chi connectivity index (χ4v) is 2.74. The number of nitrogens with zero attached hydrogens (tertiary/aromatic N) is 1. The van der Waals surface area contributed by atoms with Crippen LogP contribution in [0.3, 0.4) is 0 Å². The standard InChI is InChI=1S/C22H19N3O3/c23-21(27)19(25-22(28)18-8-4-5-13-24-18)14-15-9-11-17(12-10-15)20(26)16-6-2-1-3-7-16/h1-13,19H,14H2,(H2,23,27)(H,25,28)/t19-/m0/s1. The highest BCUT2D eigenvalue weighted by Gasteiger charge is 2.20. The summed E-state index contributed by atoms with van der Waals surface area (Å²) in [5.74, 6) is -1.20. The number of ketones is 1. The monoisotopic (exact) mass is 373 g/mol. The molecular formula is C22H19N3O3. The van der Waals surface area contributed by atoms with Crippen LogP contribution in [0.4, 0.5) is 0 Å². The van der Waals surface area contributed by atoms with Gasteiger partial charge >= 0.3 is 0 Å². The second-order valence-electron chi connectivity index (χ2n) is 6.24. The Hall–Kier alpha value is -3.80. The third-order valence-corrected chi connectivity index (χ3v) is 4.24. The van der Waals surface area contributed by atoms with Crippen molar-refractivity contribution in [2.24, 2.45) is 5.73 Å². The Morgan fingerprint density at radius 1 is 0.857 bits per heavy atom. The highest BCUT2D eigenvalue weighted by molar-refractivity contribution is 6.08. The number of pyridine rings is 1. The summed E-state index contributed by atoms with van der Waals surface area (Å²) in [5, 5.41) is 2.60. The van der Waals surface area contributed by atoms with E-state index in [4.69, 9.17) is 5.73 Å². The first-order valence-electron chi connectivity index (χ1n) is 8.74. The zero-order valence-corrected chi connectivity index (χ0v) is 15.0. The van der Waals surface area contributed by atoms with Crippen molar-refractivity contribution in [3.8, 4) is 0 Å². The van der Waals surface area contributed by atoms with E-state index in [-0.39, 0.29) is 17.9 Å². The Kier molecular flexibility index (Phi) is 5.91. The summed E-state index contributed by atoms with van der Waals surface area (Å²) in [4.78, 5) is 40.4. The fraction of sp³-hybridized carbons (Fsp3) is 0.0909. The maximum Gasteiger partial charge on any atom is 0.270 e. The Morgan fingerprint density at radius 2 is 1.50 bits per heavy atom. The molecule has 0 saturated carbocycles. The minimum Gasteiger partial charge on any atom is -0.368 e. The Labute approximate surface area is 162 Å². The molecule has 1 atom stereocenters. The van der Waals surface area contributed by atoms with E-state index in [1.807, 2.05) is 18.2 Å². The molecule has 0 spiro atoms. The molecule has 6 nitrogen and oxygen atoms in total. The van der Waals surface area contributed by atoms with E-state index in [0.29, 0.717) is 11.1 Å². The molecule has 0 aliphatic carbocycles. The first-order chi connectivity index (χ1) is 13.5. The van der Waals surface area contributed by atoms with Crippen LogP contribution in [0.1, 0.15) is 32.0 Å². The van der Waals surface area contributed by atoms with Gasteiger partial charge in [0.15, 0.2) is 5.78 Å². The van der Waals surface area contributed by atoms with Crippen molar-refractivity contribution in [3.63, 3.8) is 0 Å². The molecule has 0 aliphatic heterocycles. The first kappa shape index (κ1) is 19.0. The van der Waals surface area contributed by atoms with E-state index in [1.165, 1.54) is 6.20 Å². The molecule has 0 saturated heterocycles. The van der Waals surface area contributed by atoms with Crippen LogP contribution in [0.2, 0.25) is 0 Å².